The van der Waals surface area contributed by atoms with E-state index in [0.29, 0.717) is 26.2 Å². The molecule has 0 saturated heterocycles. The minimum absolute atomic E-state index is 0.319. The van der Waals surface area contributed by atoms with Crippen LogP contribution >= 0.6 is 11.3 Å². The van der Waals surface area contributed by atoms with Gasteiger partial charge in [-0.05, 0) is 12.1 Å². The molecule has 0 aliphatic carbocycles. The lowest BCUT2D eigenvalue weighted by molar-refractivity contribution is 0.0137. The number of hydrogen-bond acceptors (Lipinski definition) is 5. The molecule has 1 N–H and O–H groups in total. The minimum Gasteiger partial charge on any atom is -0.390 e. The average molecular weight is 267 g/mol. The number of nitrogens with zero attached hydrogens (tertiary/aromatic N) is 1. The second kappa shape index (κ2) is 6.80. The summed E-state index contributed by atoms with van der Waals surface area (Å²) in [7, 11) is 1.63. The highest BCUT2D eigenvalue weighted by Gasteiger charge is 2.10. The third-order valence-corrected chi connectivity index (χ3v) is 3.55. The Hall–Kier alpha value is -1.01. The number of aromatic nitrogens is 1. The molecule has 1 atom stereocenters. The van der Waals surface area contributed by atoms with Crippen LogP contribution in [0.1, 0.15) is 5.01 Å². The number of methoxy groups -OCH3 is 1. The van der Waals surface area contributed by atoms with Crippen LogP contribution in [0.25, 0.3) is 10.2 Å². The number of rotatable bonds is 7. The zero-order chi connectivity index (χ0) is 12.8. The molecule has 0 aliphatic rings. The molecule has 5 heteroatoms. The van der Waals surface area contributed by atoms with E-state index < -0.39 is 6.10 Å². The van der Waals surface area contributed by atoms with Gasteiger partial charge in [0.15, 0.2) is 0 Å². The largest absolute Gasteiger partial charge is 0.390 e. The normalized spacial score (nSPS) is 13.0. The second-order valence-corrected chi connectivity index (χ2v) is 5.12. The van der Waals surface area contributed by atoms with Crippen molar-refractivity contribution in [2.24, 2.45) is 0 Å². The van der Waals surface area contributed by atoms with Crippen LogP contribution in [0.2, 0.25) is 0 Å². The van der Waals surface area contributed by atoms with Crippen LogP contribution in [0.5, 0.6) is 0 Å². The number of aliphatic hydroxyl groups excluding tert-OH is 1. The summed E-state index contributed by atoms with van der Waals surface area (Å²) in [5, 5.41) is 10.8. The smallest absolute Gasteiger partial charge is 0.0965 e. The lowest BCUT2D eigenvalue weighted by atomic mass is 10.3. The van der Waals surface area contributed by atoms with Gasteiger partial charge in [0, 0.05) is 13.5 Å². The molecule has 1 heterocycles. The third kappa shape index (κ3) is 3.74. The molecule has 0 saturated carbocycles. The third-order valence-electron chi connectivity index (χ3n) is 2.49. The Balaban J connectivity index is 1.84. The predicted molar refractivity (Wildman–Crippen MR) is 72.0 cm³/mol. The van der Waals surface area contributed by atoms with Crippen molar-refractivity contribution < 1.29 is 14.6 Å². The number of aliphatic hydroxyl groups is 1. The van der Waals surface area contributed by atoms with E-state index in [4.69, 9.17) is 9.47 Å². The van der Waals surface area contributed by atoms with E-state index in [1.54, 1.807) is 18.4 Å². The van der Waals surface area contributed by atoms with Gasteiger partial charge in [0.1, 0.15) is 0 Å². The molecule has 4 nitrogen and oxygen atoms in total. The maximum atomic E-state index is 9.83. The predicted octanol–water partition coefficient (Wildman–Crippen LogP) is 1.86. The zero-order valence-corrected chi connectivity index (χ0v) is 11.2. The molecule has 1 aromatic carbocycles. The summed E-state index contributed by atoms with van der Waals surface area (Å²) < 4.78 is 11.3. The van der Waals surface area contributed by atoms with E-state index in [1.165, 1.54) is 0 Å². The number of hydrogen-bond donors (Lipinski definition) is 1. The van der Waals surface area contributed by atoms with Crippen molar-refractivity contribution >= 4 is 21.6 Å². The fraction of sp³-hybridized carbons (Fsp3) is 0.462. The monoisotopic (exact) mass is 267 g/mol. The van der Waals surface area contributed by atoms with Gasteiger partial charge in [-0.1, -0.05) is 12.1 Å². The molecule has 0 radical (unpaired) electrons. The van der Waals surface area contributed by atoms with Gasteiger partial charge in [-0.15, -0.1) is 11.3 Å². The molecular weight excluding hydrogens is 250 g/mol. The Morgan fingerprint density at radius 1 is 1.33 bits per heavy atom. The van der Waals surface area contributed by atoms with E-state index in [0.717, 1.165) is 15.2 Å². The van der Waals surface area contributed by atoms with Crippen molar-refractivity contribution in [3.8, 4) is 0 Å². The summed E-state index contributed by atoms with van der Waals surface area (Å²) >= 11 is 1.62. The standard InChI is InChI=1S/C13H17NO3S/c1-16-6-7-17-9-10(15)8-13-14-11-4-2-3-5-12(11)18-13/h2-5,10,15H,6-9H2,1H3. The summed E-state index contributed by atoms with van der Waals surface area (Å²) in [5.41, 5.74) is 0.991. The fourth-order valence-electron chi connectivity index (χ4n) is 1.63. The molecule has 0 fully saturated rings. The minimum atomic E-state index is -0.512. The molecule has 2 rings (SSSR count). The SMILES string of the molecule is COCCOCC(O)Cc1nc2ccccc2s1. The van der Waals surface area contributed by atoms with Crippen LogP contribution in [0.15, 0.2) is 24.3 Å². The summed E-state index contributed by atoms with van der Waals surface area (Å²) in [6.45, 7) is 1.38. The Kier molecular flexibility index (Phi) is 5.07. The molecular formula is C13H17NO3S. The number of benzene rings is 1. The molecule has 98 valence electrons. The van der Waals surface area contributed by atoms with Crippen molar-refractivity contribution in [1.82, 2.24) is 4.98 Å². The Morgan fingerprint density at radius 3 is 2.94 bits per heavy atom. The van der Waals surface area contributed by atoms with Crippen molar-refractivity contribution in [2.75, 3.05) is 26.9 Å². The molecule has 1 unspecified atom stereocenters. The molecule has 0 amide bonds. The maximum absolute atomic E-state index is 9.83. The van der Waals surface area contributed by atoms with E-state index in [9.17, 15) is 5.11 Å². The van der Waals surface area contributed by atoms with Gasteiger partial charge in [-0.25, -0.2) is 4.98 Å². The quantitative estimate of drug-likeness (QED) is 0.778. The van der Waals surface area contributed by atoms with Gasteiger partial charge in [-0.3, -0.25) is 0 Å². The molecule has 18 heavy (non-hydrogen) atoms. The van der Waals surface area contributed by atoms with Gasteiger partial charge in [-0.2, -0.15) is 0 Å². The van der Waals surface area contributed by atoms with Crippen LogP contribution < -0.4 is 0 Å². The van der Waals surface area contributed by atoms with Crippen molar-refractivity contribution in [3.05, 3.63) is 29.3 Å². The lowest BCUT2D eigenvalue weighted by Gasteiger charge is -2.09. The Morgan fingerprint density at radius 2 is 2.17 bits per heavy atom. The highest BCUT2D eigenvalue weighted by atomic mass is 32.1. The average Bonchev–Trinajstić information content (AvgIpc) is 2.76. The second-order valence-electron chi connectivity index (χ2n) is 4.00. The Bertz CT molecular complexity index is 453. The van der Waals surface area contributed by atoms with Gasteiger partial charge < -0.3 is 14.6 Å². The number of ether oxygens (including phenoxy) is 2. The molecule has 0 spiro atoms. The van der Waals surface area contributed by atoms with Crippen LogP contribution in [-0.4, -0.2) is 43.1 Å². The first-order valence-corrected chi connectivity index (χ1v) is 6.70. The maximum Gasteiger partial charge on any atom is 0.0965 e. The molecule has 0 bridgehead atoms. The van der Waals surface area contributed by atoms with Gasteiger partial charge >= 0.3 is 0 Å². The van der Waals surface area contributed by atoms with Crippen LogP contribution in [0.4, 0.5) is 0 Å². The van der Waals surface area contributed by atoms with Crippen molar-refractivity contribution in [3.63, 3.8) is 0 Å². The fourth-order valence-corrected chi connectivity index (χ4v) is 2.67. The molecule has 2 aromatic rings. The zero-order valence-electron chi connectivity index (χ0n) is 10.3. The van der Waals surface area contributed by atoms with Crippen LogP contribution in [0.3, 0.4) is 0 Å². The highest BCUT2D eigenvalue weighted by Crippen LogP contribution is 2.22. The van der Waals surface area contributed by atoms with Gasteiger partial charge in [0.2, 0.25) is 0 Å². The lowest BCUT2D eigenvalue weighted by Crippen LogP contribution is -2.19. The van der Waals surface area contributed by atoms with Crippen molar-refractivity contribution in [2.45, 2.75) is 12.5 Å². The van der Waals surface area contributed by atoms with Crippen LogP contribution in [0, 0.1) is 0 Å². The van der Waals surface area contributed by atoms with Gasteiger partial charge in [0.25, 0.3) is 0 Å². The number of para-hydroxylation sites is 1. The first-order valence-electron chi connectivity index (χ1n) is 5.89. The van der Waals surface area contributed by atoms with Gasteiger partial charge in [0.05, 0.1) is 41.1 Å². The van der Waals surface area contributed by atoms with E-state index in [2.05, 4.69) is 4.98 Å². The topological polar surface area (TPSA) is 51.6 Å². The molecule has 1 aromatic heterocycles. The summed E-state index contributed by atoms with van der Waals surface area (Å²) in [6.07, 6.45) is 0.0224. The summed E-state index contributed by atoms with van der Waals surface area (Å²) in [4.78, 5) is 4.48. The first-order chi connectivity index (χ1) is 8.79. The van der Waals surface area contributed by atoms with E-state index >= 15 is 0 Å². The summed E-state index contributed by atoms with van der Waals surface area (Å²) in [5.74, 6) is 0. The summed E-state index contributed by atoms with van der Waals surface area (Å²) in [6, 6.07) is 7.99. The van der Waals surface area contributed by atoms with E-state index in [1.807, 2.05) is 24.3 Å². The highest BCUT2D eigenvalue weighted by molar-refractivity contribution is 7.18. The van der Waals surface area contributed by atoms with Crippen LogP contribution in [-0.2, 0) is 15.9 Å². The van der Waals surface area contributed by atoms with Crippen molar-refractivity contribution in [1.29, 1.82) is 0 Å². The number of fused-ring (bicyclic) bond motifs is 1. The number of thiazole rings is 1. The Labute approximate surface area is 110 Å². The first kappa shape index (κ1) is 13.4. The van der Waals surface area contributed by atoms with E-state index in [-0.39, 0.29) is 0 Å². The molecule has 0 aliphatic heterocycles.